The fourth-order valence-electron chi connectivity index (χ4n) is 2.70. The first-order valence-electron chi connectivity index (χ1n) is 7.38. The Kier molecular flexibility index (Phi) is 5.77. The molecule has 1 aromatic carbocycles. The van der Waals surface area contributed by atoms with Crippen LogP contribution in [-0.4, -0.2) is 17.6 Å². The van der Waals surface area contributed by atoms with Crippen LogP contribution in [0.25, 0.3) is 0 Å². The van der Waals surface area contributed by atoms with Gasteiger partial charge in [-0.05, 0) is 37.0 Å². The molecule has 1 aliphatic carbocycles. The Labute approximate surface area is 124 Å². The summed E-state index contributed by atoms with van der Waals surface area (Å²) in [5, 5.41) is 11.4. The van der Waals surface area contributed by atoms with Gasteiger partial charge in [-0.25, -0.2) is 4.39 Å². The summed E-state index contributed by atoms with van der Waals surface area (Å²) < 4.78 is 13.5. The van der Waals surface area contributed by atoms with Crippen LogP contribution in [0.4, 0.5) is 10.1 Å². The third kappa shape index (κ3) is 4.87. The van der Waals surface area contributed by atoms with Crippen LogP contribution in [0.3, 0.4) is 0 Å². The number of carbonyl (C=O) groups is 1. The predicted molar refractivity (Wildman–Crippen MR) is 80.2 cm³/mol. The summed E-state index contributed by atoms with van der Waals surface area (Å²) in [6.45, 7) is -0.322. The Bertz CT molecular complexity index is 554. The number of aliphatic hydroxyl groups is 1. The molecule has 1 amide bonds. The summed E-state index contributed by atoms with van der Waals surface area (Å²) in [5.41, 5.74) is 0.721. The molecule has 4 heteroatoms. The summed E-state index contributed by atoms with van der Waals surface area (Å²) in [4.78, 5) is 12.0. The Morgan fingerprint density at radius 2 is 2.10 bits per heavy atom. The van der Waals surface area contributed by atoms with E-state index in [1.54, 1.807) is 0 Å². The molecule has 0 aliphatic heterocycles. The van der Waals surface area contributed by atoms with Gasteiger partial charge in [-0.3, -0.25) is 4.79 Å². The summed E-state index contributed by atoms with van der Waals surface area (Å²) in [6.07, 6.45) is 6.43. The minimum absolute atomic E-state index is 0.0328. The Morgan fingerprint density at radius 1 is 1.33 bits per heavy atom. The predicted octanol–water partition coefficient (Wildman–Crippen LogP) is 3.08. The Hall–Kier alpha value is -1.86. The van der Waals surface area contributed by atoms with Crippen LogP contribution in [0.1, 0.15) is 44.1 Å². The lowest BCUT2D eigenvalue weighted by Crippen LogP contribution is -2.18. The highest BCUT2D eigenvalue weighted by Crippen LogP contribution is 2.26. The molecule has 1 saturated carbocycles. The molecular formula is C17H20FNO2. The number of nitrogens with one attached hydrogen (secondary N) is 1. The van der Waals surface area contributed by atoms with Crippen LogP contribution in [0.5, 0.6) is 0 Å². The van der Waals surface area contributed by atoms with Crippen molar-refractivity contribution >= 4 is 11.6 Å². The number of anilines is 1. The molecule has 21 heavy (non-hydrogen) atoms. The highest BCUT2D eigenvalue weighted by molar-refractivity contribution is 5.91. The molecule has 0 atom stereocenters. The lowest BCUT2D eigenvalue weighted by atomic mass is 9.87. The molecule has 0 unspecified atom stereocenters. The summed E-state index contributed by atoms with van der Waals surface area (Å²) in [7, 11) is 0. The molecule has 2 rings (SSSR count). The molecule has 0 bridgehead atoms. The first-order valence-corrected chi connectivity index (χ1v) is 7.38. The largest absolute Gasteiger partial charge is 0.384 e. The molecule has 0 aromatic heterocycles. The van der Waals surface area contributed by atoms with E-state index in [1.807, 2.05) is 0 Å². The van der Waals surface area contributed by atoms with Gasteiger partial charge in [-0.1, -0.05) is 31.1 Å². The molecule has 1 aliphatic rings. The van der Waals surface area contributed by atoms with E-state index in [-0.39, 0.29) is 18.1 Å². The van der Waals surface area contributed by atoms with Crippen LogP contribution in [0.2, 0.25) is 0 Å². The second kappa shape index (κ2) is 7.80. The smallest absolute Gasteiger partial charge is 0.224 e. The number of rotatable bonds is 3. The highest BCUT2D eigenvalue weighted by atomic mass is 19.1. The van der Waals surface area contributed by atoms with Gasteiger partial charge in [0.1, 0.15) is 12.4 Å². The van der Waals surface area contributed by atoms with Gasteiger partial charge in [0, 0.05) is 12.1 Å². The van der Waals surface area contributed by atoms with Crippen molar-refractivity contribution in [1.29, 1.82) is 0 Å². The van der Waals surface area contributed by atoms with Crippen molar-refractivity contribution in [2.75, 3.05) is 11.9 Å². The highest BCUT2D eigenvalue weighted by Gasteiger charge is 2.17. The maximum atomic E-state index is 13.5. The molecule has 3 nitrogen and oxygen atoms in total. The zero-order chi connectivity index (χ0) is 15.1. The lowest BCUT2D eigenvalue weighted by Gasteiger charge is -2.20. The standard InChI is InChI=1S/C17H20FNO2/c18-16-9-8-15(12-14(16)7-4-10-20)19-17(21)11-13-5-2-1-3-6-13/h8-9,12-13,20H,1-3,5-6,10-11H2,(H,19,21). The normalized spacial score (nSPS) is 15.1. The first kappa shape index (κ1) is 15.5. The van der Waals surface area contributed by atoms with Gasteiger partial charge in [-0.15, -0.1) is 0 Å². The number of hydrogen-bond donors (Lipinski definition) is 2. The van der Waals surface area contributed by atoms with Gasteiger partial charge in [0.15, 0.2) is 0 Å². The van der Waals surface area contributed by atoms with Crippen molar-refractivity contribution in [3.05, 3.63) is 29.6 Å². The number of aliphatic hydroxyl groups excluding tert-OH is 1. The molecule has 1 aromatic rings. The van der Waals surface area contributed by atoms with Crippen LogP contribution in [0.15, 0.2) is 18.2 Å². The number of benzene rings is 1. The van der Waals surface area contributed by atoms with E-state index in [4.69, 9.17) is 5.11 Å². The van der Waals surface area contributed by atoms with Crippen molar-refractivity contribution in [1.82, 2.24) is 0 Å². The summed E-state index contributed by atoms with van der Waals surface area (Å²) in [6, 6.07) is 4.30. The molecular weight excluding hydrogens is 269 g/mol. The second-order valence-corrected chi connectivity index (χ2v) is 5.41. The van der Waals surface area contributed by atoms with E-state index in [1.165, 1.54) is 37.5 Å². The minimum atomic E-state index is -0.457. The van der Waals surface area contributed by atoms with Crippen LogP contribution in [-0.2, 0) is 4.79 Å². The zero-order valence-electron chi connectivity index (χ0n) is 12.0. The third-order valence-corrected chi connectivity index (χ3v) is 3.75. The van der Waals surface area contributed by atoms with E-state index >= 15 is 0 Å². The topological polar surface area (TPSA) is 49.3 Å². The van der Waals surface area contributed by atoms with Crippen molar-refractivity contribution < 1.29 is 14.3 Å². The fourth-order valence-corrected chi connectivity index (χ4v) is 2.70. The molecule has 0 saturated heterocycles. The summed E-state index contributed by atoms with van der Waals surface area (Å²) in [5.74, 6) is 4.91. The number of halogens is 1. The summed E-state index contributed by atoms with van der Waals surface area (Å²) >= 11 is 0. The van der Waals surface area contributed by atoms with Crippen molar-refractivity contribution in [3.63, 3.8) is 0 Å². The van der Waals surface area contributed by atoms with Crippen LogP contribution < -0.4 is 5.32 Å². The van der Waals surface area contributed by atoms with E-state index in [9.17, 15) is 9.18 Å². The number of hydrogen-bond acceptors (Lipinski definition) is 2. The quantitative estimate of drug-likeness (QED) is 0.840. The zero-order valence-corrected chi connectivity index (χ0v) is 12.0. The van der Waals surface area contributed by atoms with Gasteiger partial charge in [0.2, 0.25) is 5.91 Å². The Morgan fingerprint density at radius 3 is 2.81 bits per heavy atom. The van der Waals surface area contributed by atoms with E-state index in [2.05, 4.69) is 17.2 Å². The SMILES string of the molecule is O=C(CC1CCCCC1)Nc1ccc(F)c(C#CCO)c1. The fraction of sp³-hybridized carbons (Fsp3) is 0.471. The Balaban J connectivity index is 1.96. The molecule has 0 radical (unpaired) electrons. The molecule has 1 fully saturated rings. The molecule has 112 valence electrons. The van der Waals surface area contributed by atoms with E-state index < -0.39 is 5.82 Å². The third-order valence-electron chi connectivity index (χ3n) is 3.75. The lowest BCUT2D eigenvalue weighted by molar-refractivity contribution is -0.117. The average Bonchev–Trinajstić information content (AvgIpc) is 2.48. The molecule has 2 N–H and O–H groups in total. The maximum absolute atomic E-state index is 13.5. The van der Waals surface area contributed by atoms with E-state index in [0.717, 1.165) is 12.8 Å². The monoisotopic (exact) mass is 289 g/mol. The second-order valence-electron chi connectivity index (χ2n) is 5.41. The van der Waals surface area contributed by atoms with Gasteiger partial charge in [0.05, 0.1) is 5.56 Å². The van der Waals surface area contributed by atoms with Crippen LogP contribution >= 0.6 is 0 Å². The van der Waals surface area contributed by atoms with Gasteiger partial charge >= 0.3 is 0 Å². The van der Waals surface area contributed by atoms with Crippen molar-refractivity contribution in [3.8, 4) is 11.8 Å². The van der Waals surface area contributed by atoms with Crippen molar-refractivity contribution in [2.45, 2.75) is 38.5 Å². The van der Waals surface area contributed by atoms with Crippen LogP contribution in [0, 0.1) is 23.6 Å². The maximum Gasteiger partial charge on any atom is 0.224 e. The molecule has 0 heterocycles. The van der Waals surface area contributed by atoms with Gasteiger partial charge in [0.25, 0.3) is 0 Å². The van der Waals surface area contributed by atoms with E-state index in [0.29, 0.717) is 18.0 Å². The first-order chi connectivity index (χ1) is 10.2. The number of amides is 1. The minimum Gasteiger partial charge on any atom is -0.384 e. The van der Waals surface area contributed by atoms with Crippen molar-refractivity contribution in [2.24, 2.45) is 5.92 Å². The average molecular weight is 289 g/mol. The molecule has 0 spiro atoms. The van der Waals surface area contributed by atoms with Gasteiger partial charge in [-0.2, -0.15) is 0 Å². The number of carbonyl (C=O) groups excluding carboxylic acids is 1. The van der Waals surface area contributed by atoms with Gasteiger partial charge < -0.3 is 10.4 Å².